The first kappa shape index (κ1) is 12.5. The van der Waals surface area contributed by atoms with E-state index in [-0.39, 0.29) is 24.1 Å². The summed E-state index contributed by atoms with van der Waals surface area (Å²) in [4.78, 5) is 15.4. The van der Waals surface area contributed by atoms with Crippen LogP contribution < -0.4 is 5.32 Å². The van der Waals surface area contributed by atoms with Crippen molar-refractivity contribution in [1.82, 2.24) is 4.98 Å². The van der Waals surface area contributed by atoms with Crippen LogP contribution in [0.5, 0.6) is 0 Å². The van der Waals surface area contributed by atoms with E-state index < -0.39 is 0 Å². The maximum atomic E-state index is 11.5. The Bertz CT molecular complexity index is 454. The molecule has 2 aromatic heterocycles. The lowest BCUT2D eigenvalue weighted by molar-refractivity contribution is 0.0996. The second-order valence-corrected chi connectivity index (χ2v) is 3.23. The maximum Gasteiger partial charge on any atom is 0.292 e. The molecule has 0 aliphatic rings. The van der Waals surface area contributed by atoms with Crippen LogP contribution in [0.15, 0.2) is 41.1 Å². The van der Waals surface area contributed by atoms with Crippen LogP contribution in [0.3, 0.4) is 0 Å². The van der Waals surface area contributed by atoms with Crippen molar-refractivity contribution in [2.75, 3.05) is 5.32 Å². The zero-order chi connectivity index (χ0) is 10.7. The van der Waals surface area contributed by atoms with Crippen molar-refractivity contribution >= 4 is 35.7 Å². The molecule has 0 spiro atoms. The van der Waals surface area contributed by atoms with Gasteiger partial charge in [-0.2, -0.15) is 0 Å². The van der Waals surface area contributed by atoms with Gasteiger partial charge in [0.15, 0.2) is 5.76 Å². The first-order valence-corrected chi connectivity index (χ1v) is 4.60. The normalized spacial score (nSPS) is 9.31. The Morgan fingerprint density at radius 2 is 2.19 bits per heavy atom. The molecule has 16 heavy (non-hydrogen) atoms. The van der Waals surface area contributed by atoms with Gasteiger partial charge in [-0.3, -0.25) is 4.79 Å². The Morgan fingerprint density at radius 1 is 1.38 bits per heavy atom. The molecule has 0 unspecified atom stereocenters. The summed E-state index contributed by atoms with van der Waals surface area (Å²) in [6.07, 6.45) is 2.89. The molecule has 2 heterocycles. The van der Waals surface area contributed by atoms with E-state index in [9.17, 15) is 4.79 Å². The van der Waals surface area contributed by atoms with Crippen LogP contribution in [0.4, 0.5) is 5.82 Å². The minimum absolute atomic E-state index is 0. The van der Waals surface area contributed by atoms with Gasteiger partial charge in [-0.25, -0.2) is 4.98 Å². The summed E-state index contributed by atoms with van der Waals surface area (Å²) in [6.45, 7) is 0. The van der Waals surface area contributed by atoms with Gasteiger partial charge in [0, 0.05) is 6.20 Å². The lowest BCUT2D eigenvalue weighted by Crippen LogP contribution is -2.11. The standard InChI is InChI=1S/C10H7ClN2O2.ClH/c11-7-3-4-9(12-6-7)13-10(14)8-2-1-5-15-8;/h1-6H,(H,12,13,14);1H. The van der Waals surface area contributed by atoms with Gasteiger partial charge in [0.2, 0.25) is 0 Å². The van der Waals surface area contributed by atoms with Crippen LogP contribution in [-0.2, 0) is 0 Å². The van der Waals surface area contributed by atoms with Crippen molar-refractivity contribution in [3.8, 4) is 0 Å². The predicted octanol–water partition coefficient (Wildman–Crippen LogP) is 3.00. The monoisotopic (exact) mass is 258 g/mol. The molecule has 0 atom stereocenters. The van der Waals surface area contributed by atoms with Crippen molar-refractivity contribution < 1.29 is 9.21 Å². The summed E-state index contributed by atoms with van der Waals surface area (Å²) in [5, 5.41) is 3.09. The molecule has 0 saturated heterocycles. The Morgan fingerprint density at radius 3 is 2.75 bits per heavy atom. The Hall–Kier alpha value is -1.52. The Kier molecular flexibility index (Phi) is 4.34. The van der Waals surface area contributed by atoms with Crippen LogP contribution in [0.1, 0.15) is 10.6 Å². The molecule has 2 aromatic rings. The van der Waals surface area contributed by atoms with E-state index in [0.29, 0.717) is 10.8 Å². The lowest BCUT2D eigenvalue weighted by Gasteiger charge is -2.01. The Balaban J connectivity index is 0.00000128. The van der Waals surface area contributed by atoms with Gasteiger partial charge in [-0.1, -0.05) is 11.6 Å². The molecule has 0 fully saturated rings. The number of amides is 1. The van der Waals surface area contributed by atoms with E-state index in [1.807, 2.05) is 0 Å². The van der Waals surface area contributed by atoms with Crippen LogP contribution in [0, 0.1) is 0 Å². The van der Waals surface area contributed by atoms with Crippen molar-refractivity contribution in [2.24, 2.45) is 0 Å². The second kappa shape index (κ2) is 5.53. The van der Waals surface area contributed by atoms with E-state index in [4.69, 9.17) is 16.0 Å². The van der Waals surface area contributed by atoms with Gasteiger partial charge in [0.05, 0.1) is 11.3 Å². The molecule has 4 nitrogen and oxygen atoms in total. The zero-order valence-corrected chi connectivity index (χ0v) is 9.59. The van der Waals surface area contributed by atoms with Gasteiger partial charge in [-0.15, -0.1) is 12.4 Å². The average molecular weight is 259 g/mol. The molecule has 0 aromatic carbocycles. The highest BCUT2D eigenvalue weighted by atomic mass is 35.5. The molecule has 1 amide bonds. The minimum Gasteiger partial charge on any atom is -0.459 e. The quantitative estimate of drug-likeness (QED) is 0.901. The smallest absolute Gasteiger partial charge is 0.292 e. The summed E-state index contributed by atoms with van der Waals surface area (Å²) >= 11 is 5.65. The first-order valence-electron chi connectivity index (χ1n) is 4.22. The molecule has 0 aliphatic heterocycles. The number of anilines is 1. The van der Waals surface area contributed by atoms with Gasteiger partial charge in [-0.05, 0) is 24.3 Å². The van der Waals surface area contributed by atoms with E-state index >= 15 is 0 Å². The van der Waals surface area contributed by atoms with Crippen molar-refractivity contribution in [3.63, 3.8) is 0 Å². The number of aromatic nitrogens is 1. The fraction of sp³-hybridized carbons (Fsp3) is 0. The van der Waals surface area contributed by atoms with E-state index in [0.717, 1.165) is 0 Å². The molecule has 0 radical (unpaired) electrons. The van der Waals surface area contributed by atoms with Crippen molar-refractivity contribution in [1.29, 1.82) is 0 Å². The van der Waals surface area contributed by atoms with Crippen molar-refractivity contribution in [2.45, 2.75) is 0 Å². The zero-order valence-electron chi connectivity index (χ0n) is 8.01. The molecule has 84 valence electrons. The summed E-state index contributed by atoms with van der Waals surface area (Å²) in [5.74, 6) is 0.336. The summed E-state index contributed by atoms with van der Waals surface area (Å²) in [6, 6.07) is 6.48. The van der Waals surface area contributed by atoms with Gasteiger partial charge < -0.3 is 9.73 Å². The molecular formula is C10H8Cl2N2O2. The number of carbonyl (C=O) groups is 1. The fourth-order valence-electron chi connectivity index (χ4n) is 1.04. The number of nitrogens with one attached hydrogen (secondary N) is 1. The first-order chi connectivity index (χ1) is 7.25. The second-order valence-electron chi connectivity index (χ2n) is 2.79. The summed E-state index contributed by atoms with van der Waals surface area (Å²) in [7, 11) is 0. The topological polar surface area (TPSA) is 55.1 Å². The predicted molar refractivity (Wildman–Crippen MR) is 63.2 cm³/mol. The highest BCUT2D eigenvalue weighted by molar-refractivity contribution is 6.30. The number of halogens is 2. The van der Waals surface area contributed by atoms with E-state index in [1.165, 1.54) is 12.5 Å². The highest BCUT2D eigenvalue weighted by Crippen LogP contribution is 2.11. The Labute approximate surface area is 103 Å². The van der Waals surface area contributed by atoms with Gasteiger partial charge in [0.25, 0.3) is 5.91 Å². The lowest BCUT2D eigenvalue weighted by atomic mass is 10.4. The molecule has 0 aliphatic carbocycles. The summed E-state index contributed by atoms with van der Waals surface area (Å²) < 4.78 is 4.93. The third-order valence-electron chi connectivity index (χ3n) is 1.71. The fourth-order valence-corrected chi connectivity index (χ4v) is 1.15. The van der Waals surface area contributed by atoms with Crippen LogP contribution >= 0.6 is 24.0 Å². The summed E-state index contributed by atoms with van der Waals surface area (Å²) in [5.41, 5.74) is 0. The molecule has 0 bridgehead atoms. The highest BCUT2D eigenvalue weighted by Gasteiger charge is 2.08. The number of hydrogen-bond acceptors (Lipinski definition) is 3. The van der Waals surface area contributed by atoms with Crippen molar-refractivity contribution in [3.05, 3.63) is 47.5 Å². The number of furan rings is 1. The van der Waals surface area contributed by atoms with E-state index in [2.05, 4.69) is 10.3 Å². The van der Waals surface area contributed by atoms with Crippen LogP contribution in [0.25, 0.3) is 0 Å². The number of rotatable bonds is 2. The number of carbonyl (C=O) groups excluding carboxylic acids is 1. The van der Waals surface area contributed by atoms with E-state index in [1.54, 1.807) is 24.3 Å². The minimum atomic E-state index is -0.338. The molecule has 0 saturated carbocycles. The number of pyridine rings is 1. The number of nitrogens with zero attached hydrogens (tertiary/aromatic N) is 1. The maximum absolute atomic E-state index is 11.5. The van der Waals surface area contributed by atoms with Crippen LogP contribution in [0.2, 0.25) is 5.02 Å². The SMILES string of the molecule is Cl.O=C(Nc1ccc(Cl)cn1)c1ccco1. The van der Waals surface area contributed by atoms with Gasteiger partial charge in [0.1, 0.15) is 5.82 Å². The third kappa shape index (κ3) is 2.98. The average Bonchev–Trinajstić information content (AvgIpc) is 2.74. The largest absolute Gasteiger partial charge is 0.459 e. The third-order valence-corrected chi connectivity index (χ3v) is 1.94. The molecular weight excluding hydrogens is 251 g/mol. The van der Waals surface area contributed by atoms with Gasteiger partial charge >= 0.3 is 0 Å². The molecule has 1 N–H and O–H groups in total. The molecule has 2 rings (SSSR count). The number of hydrogen-bond donors (Lipinski definition) is 1. The van der Waals surface area contributed by atoms with Crippen LogP contribution in [-0.4, -0.2) is 10.9 Å². The molecule has 6 heteroatoms.